The van der Waals surface area contributed by atoms with E-state index < -0.39 is 0 Å². The van der Waals surface area contributed by atoms with Crippen LogP contribution in [0, 0.1) is 24.7 Å². The molecule has 20 heavy (non-hydrogen) atoms. The normalized spacial score (nSPS) is 27.4. The fraction of sp³-hybridized carbons (Fsp3) is 0.778. The average Bonchev–Trinajstić information content (AvgIpc) is 2.82. The van der Waals surface area contributed by atoms with Crippen molar-refractivity contribution < 1.29 is 0 Å². The Kier molecular flexibility index (Phi) is 5.68. The van der Waals surface area contributed by atoms with E-state index in [4.69, 9.17) is 0 Å². The van der Waals surface area contributed by atoms with Crippen LogP contribution in [0.3, 0.4) is 0 Å². The molecule has 0 aliphatic heterocycles. The van der Waals surface area contributed by atoms with Gasteiger partial charge in [-0.05, 0) is 73.4 Å². The Labute approximate surface area is 129 Å². The molecule has 3 unspecified atom stereocenters. The lowest BCUT2D eigenvalue weighted by atomic mass is 9.69. The summed E-state index contributed by atoms with van der Waals surface area (Å²) in [6.45, 7) is 12.8. The van der Waals surface area contributed by atoms with Crippen molar-refractivity contribution in [1.82, 2.24) is 5.32 Å². The maximum absolute atomic E-state index is 3.68. The fourth-order valence-corrected chi connectivity index (χ4v) is 4.72. The van der Waals surface area contributed by atoms with Crippen molar-refractivity contribution >= 4 is 11.3 Å². The van der Waals surface area contributed by atoms with Gasteiger partial charge in [0, 0.05) is 10.9 Å². The molecule has 2 rings (SSSR count). The molecule has 2 heteroatoms. The van der Waals surface area contributed by atoms with E-state index >= 15 is 0 Å². The topological polar surface area (TPSA) is 12.0 Å². The first-order valence-electron chi connectivity index (χ1n) is 8.26. The highest BCUT2D eigenvalue weighted by Gasteiger charge is 2.33. The number of aryl methyl sites for hydroxylation is 1. The highest BCUT2D eigenvalue weighted by atomic mass is 32.1. The van der Waals surface area contributed by atoms with Gasteiger partial charge in [0.15, 0.2) is 0 Å². The minimum Gasteiger partial charge on any atom is -0.314 e. The molecule has 1 fully saturated rings. The van der Waals surface area contributed by atoms with Gasteiger partial charge in [-0.3, -0.25) is 0 Å². The molecule has 0 bridgehead atoms. The maximum atomic E-state index is 3.68. The zero-order valence-electron chi connectivity index (χ0n) is 13.8. The Balaban J connectivity index is 2.12. The Morgan fingerprint density at radius 1 is 1.25 bits per heavy atom. The molecule has 0 spiro atoms. The summed E-state index contributed by atoms with van der Waals surface area (Å²) < 4.78 is 0. The standard InChI is InChI=1S/C18H31NS/c1-12(2)15-6-7-16(11-19-13(3)4)17(10-15)18-14(5)8-9-20-18/h8-9,12-13,15-17,19H,6-7,10-11H2,1-5H3. The van der Waals surface area contributed by atoms with Crippen molar-refractivity contribution in [3.05, 3.63) is 21.9 Å². The van der Waals surface area contributed by atoms with Crippen LogP contribution in [0.1, 0.15) is 63.3 Å². The molecule has 0 saturated heterocycles. The van der Waals surface area contributed by atoms with E-state index in [-0.39, 0.29) is 0 Å². The second-order valence-electron chi connectivity index (χ2n) is 7.21. The lowest BCUT2D eigenvalue weighted by Crippen LogP contribution is -2.35. The molecular weight excluding hydrogens is 262 g/mol. The third-order valence-electron chi connectivity index (χ3n) is 5.00. The highest BCUT2D eigenvalue weighted by molar-refractivity contribution is 7.10. The second-order valence-corrected chi connectivity index (χ2v) is 8.16. The summed E-state index contributed by atoms with van der Waals surface area (Å²) in [7, 11) is 0. The number of rotatable bonds is 5. The molecule has 0 aromatic carbocycles. The van der Waals surface area contributed by atoms with Crippen molar-refractivity contribution in [1.29, 1.82) is 0 Å². The maximum Gasteiger partial charge on any atom is 0.0109 e. The lowest BCUT2D eigenvalue weighted by Gasteiger charge is -2.38. The van der Waals surface area contributed by atoms with Crippen LogP contribution in [-0.4, -0.2) is 12.6 Å². The first-order chi connectivity index (χ1) is 9.49. The van der Waals surface area contributed by atoms with Gasteiger partial charge in [-0.25, -0.2) is 0 Å². The van der Waals surface area contributed by atoms with Gasteiger partial charge < -0.3 is 5.32 Å². The molecular formula is C18H31NS. The van der Waals surface area contributed by atoms with E-state index in [9.17, 15) is 0 Å². The van der Waals surface area contributed by atoms with Crippen molar-refractivity contribution in [3.8, 4) is 0 Å². The summed E-state index contributed by atoms with van der Waals surface area (Å²) in [5.74, 6) is 3.35. The minimum absolute atomic E-state index is 0.600. The largest absolute Gasteiger partial charge is 0.314 e. The van der Waals surface area contributed by atoms with E-state index in [1.807, 2.05) is 11.3 Å². The SMILES string of the molecule is Cc1ccsc1C1CC(C(C)C)CCC1CNC(C)C. The van der Waals surface area contributed by atoms with Crippen LogP contribution in [0.5, 0.6) is 0 Å². The van der Waals surface area contributed by atoms with Crippen molar-refractivity contribution in [2.45, 2.75) is 65.8 Å². The molecule has 1 nitrogen and oxygen atoms in total. The Hall–Kier alpha value is -0.340. The summed E-state index contributed by atoms with van der Waals surface area (Å²) in [6, 6.07) is 2.90. The van der Waals surface area contributed by atoms with Crippen molar-refractivity contribution in [2.75, 3.05) is 6.54 Å². The first kappa shape index (κ1) is 16.0. The summed E-state index contributed by atoms with van der Waals surface area (Å²) in [4.78, 5) is 1.66. The first-order valence-corrected chi connectivity index (χ1v) is 9.14. The van der Waals surface area contributed by atoms with E-state index in [0.29, 0.717) is 6.04 Å². The highest BCUT2D eigenvalue weighted by Crippen LogP contribution is 2.45. The van der Waals surface area contributed by atoms with Crippen LogP contribution in [0.4, 0.5) is 0 Å². The third kappa shape index (κ3) is 3.85. The molecule has 1 saturated carbocycles. The second kappa shape index (κ2) is 7.09. The summed E-state index contributed by atoms with van der Waals surface area (Å²) >= 11 is 1.98. The molecule has 1 aliphatic carbocycles. The summed E-state index contributed by atoms with van der Waals surface area (Å²) in [5, 5.41) is 5.95. The zero-order valence-corrected chi connectivity index (χ0v) is 14.6. The minimum atomic E-state index is 0.600. The molecule has 1 aromatic rings. The smallest absolute Gasteiger partial charge is 0.0109 e. The van der Waals surface area contributed by atoms with Crippen LogP contribution in [0.15, 0.2) is 11.4 Å². The van der Waals surface area contributed by atoms with Gasteiger partial charge in [-0.2, -0.15) is 0 Å². The molecule has 1 heterocycles. The van der Waals surface area contributed by atoms with E-state index in [1.165, 1.54) is 31.4 Å². The molecule has 3 atom stereocenters. The molecule has 114 valence electrons. The predicted octanol–water partition coefficient (Wildman–Crippen LogP) is 5.21. The fourth-order valence-electron chi connectivity index (χ4n) is 3.59. The Morgan fingerprint density at radius 2 is 2.00 bits per heavy atom. The molecule has 1 aliphatic rings. The Bertz CT molecular complexity index is 407. The van der Waals surface area contributed by atoms with E-state index in [2.05, 4.69) is 51.4 Å². The van der Waals surface area contributed by atoms with Crippen LogP contribution in [0.2, 0.25) is 0 Å². The van der Waals surface area contributed by atoms with Crippen molar-refractivity contribution in [3.63, 3.8) is 0 Å². The van der Waals surface area contributed by atoms with Crippen molar-refractivity contribution in [2.24, 2.45) is 17.8 Å². The third-order valence-corrected chi connectivity index (χ3v) is 6.15. The van der Waals surface area contributed by atoms with Gasteiger partial charge in [0.05, 0.1) is 0 Å². The monoisotopic (exact) mass is 293 g/mol. The molecule has 1 N–H and O–H groups in total. The summed E-state index contributed by atoms with van der Waals surface area (Å²) in [5.41, 5.74) is 1.51. The van der Waals surface area contributed by atoms with Gasteiger partial charge in [0.1, 0.15) is 0 Å². The van der Waals surface area contributed by atoms with Crippen LogP contribution >= 0.6 is 11.3 Å². The van der Waals surface area contributed by atoms with Gasteiger partial charge in [0.25, 0.3) is 0 Å². The number of thiophene rings is 1. The summed E-state index contributed by atoms with van der Waals surface area (Å²) in [6.07, 6.45) is 4.21. The number of hydrogen-bond acceptors (Lipinski definition) is 2. The number of nitrogens with one attached hydrogen (secondary N) is 1. The van der Waals surface area contributed by atoms with E-state index in [0.717, 1.165) is 23.7 Å². The number of hydrogen-bond donors (Lipinski definition) is 1. The lowest BCUT2D eigenvalue weighted by molar-refractivity contribution is 0.190. The quantitative estimate of drug-likeness (QED) is 0.785. The van der Waals surface area contributed by atoms with Crippen LogP contribution in [-0.2, 0) is 0 Å². The predicted molar refractivity (Wildman–Crippen MR) is 90.6 cm³/mol. The van der Waals surface area contributed by atoms with Gasteiger partial charge in [-0.1, -0.05) is 27.7 Å². The Morgan fingerprint density at radius 3 is 2.55 bits per heavy atom. The molecule has 0 amide bonds. The average molecular weight is 294 g/mol. The van der Waals surface area contributed by atoms with Crippen LogP contribution in [0.25, 0.3) is 0 Å². The van der Waals surface area contributed by atoms with Gasteiger partial charge in [-0.15, -0.1) is 11.3 Å². The molecule has 1 aromatic heterocycles. The van der Waals surface area contributed by atoms with Gasteiger partial charge in [0.2, 0.25) is 0 Å². The zero-order chi connectivity index (χ0) is 14.7. The molecule has 0 radical (unpaired) electrons. The van der Waals surface area contributed by atoms with Gasteiger partial charge >= 0.3 is 0 Å². The van der Waals surface area contributed by atoms with E-state index in [1.54, 1.807) is 4.88 Å². The van der Waals surface area contributed by atoms with Crippen LogP contribution < -0.4 is 5.32 Å².